The van der Waals surface area contributed by atoms with Crippen LogP contribution in [0.5, 0.6) is 0 Å². The number of rotatable bonds is 5. The van der Waals surface area contributed by atoms with Crippen LogP contribution in [0.3, 0.4) is 0 Å². The van der Waals surface area contributed by atoms with Crippen LogP contribution in [0.25, 0.3) is 0 Å². The van der Waals surface area contributed by atoms with Crippen molar-refractivity contribution >= 4 is 9.84 Å². The van der Waals surface area contributed by atoms with Gasteiger partial charge in [0.15, 0.2) is 9.84 Å². The molecule has 0 aliphatic carbocycles. The van der Waals surface area contributed by atoms with Crippen molar-refractivity contribution < 1.29 is 12.8 Å². The number of benzene rings is 2. The summed E-state index contributed by atoms with van der Waals surface area (Å²) < 4.78 is 40.2. The van der Waals surface area contributed by atoms with E-state index in [0.29, 0.717) is 16.9 Å². The van der Waals surface area contributed by atoms with Crippen LogP contribution in [0.15, 0.2) is 53.4 Å². The molecule has 0 aromatic heterocycles. The molecule has 5 heteroatoms. The van der Waals surface area contributed by atoms with E-state index in [1.165, 1.54) is 12.1 Å². The molecule has 0 spiro atoms. The van der Waals surface area contributed by atoms with Gasteiger partial charge in [-0.2, -0.15) is 0 Å². The Morgan fingerprint density at radius 2 is 1.92 bits per heavy atom. The van der Waals surface area contributed by atoms with Crippen LogP contribution in [-0.4, -0.2) is 19.7 Å². The summed E-state index contributed by atoms with van der Waals surface area (Å²) in [6.45, 7) is 4.13. The van der Waals surface area contributed by atoms with E-state index in [0.717, 1.165) is 24.8 Å². The summed E-state index contributed by atoms with van der Waals surface area (Å²) in [7, 11) is -3.44. The van der Waals surface area contributed by atoms with Crippen molar-refractivity contribution in [3.05, 3.63) is 65.5 Å². The lowest BCUT2D eigenvalue weighted by atomic mass is 9.88. The lowest BCUT2D eigenvalue weighted by molar-refractivity contribution is 0.294. The number of nitrogens with one attached hydrogen (secondary N) is 1. The van der Waals surface area contributed by atoms with Crippen LogP contribution < -0.4 is 5.32 Å². The first-order valence-electron chi connectivity index (χ1n) is 9.25. The highest BCUT2D eigenvalue weighted by molar-refractivity contribution is 7.91. The molecule has 1 aliphatic rings. The van der Waals surface area contributed by atoms with Gasteiger partial charge in [-0.15, -0.1) is 0 Å². The summed E-state index contributed by atoms with van der Waals surface area (Å²) >= 11 is 0. The SMILES string of the molecule is CCCC[C@]1(CC)CS(=O)(=O)c2ccccc2[C@H](c2cccc(F)c2)N1. The number of unbranched alkanes of at least 4 members (excludes halogenated alkanes) is 1. The van der Waals surface area contributed by atoms with Gasteiger partial charge in [0, 0.05) is 5.54 Å². The predicted molar refractivity (Wildman–Crippen MR) is 102 cm³/mol. The van der Waals surface area contributed by atoms with E-state index in [2.05, 4.69) is 12.2 Å². The van der Waals surface area contributed by atoms with E-state index in [9.17, 15) is 12.8 Å². The van der Waals surface area contributed by atoms with E-state index in [1.807, 2.05) is 25.1 Å². The minimum absolute atomic E-state index is 0.0688. The van der Waals surface area contributed by atoms with E-state index in [4.69, 9.17) is 0 Å². The Bertz CT molecular complexity index is 881. The van der Waals surface area contributed by atoms with Crippen LogP contribution in [0, 0.1) is 5.82 Å². The molecule has 0 amide bonds. The molecular formula is C21H26FNO2S. The molecule has 1 aliphatic heterocycles. The van der Waals surface area contributed by atoms with Gasteiger partial charge in [-0.3, -0.25) is 5.32 Å². The molecule has 2 atom stereocenters. The zero-order valence-electron chi connectivity index (χ0n) is 15.3. The van der Waals surface area contributed by atoms with E-state index >= 15 is 0 Å². The molecule has 0 bridgehead atoms. The van der Waals surface area contributed by atoms with Gasteiger partial charge in [0.2, 0.25) is 0 Å². The van der Waals surface area contributed by atoms with E-state index in [1.54, 1.807) is 18.2 Å². The van der Waals surface area contributed by atoms with Gasteiger partial charge < -0.3 is 0 Å². The molecule has 2 aromatic rings. The van der Waals surface area contributed by atoms with Crippen molar-refractivity contribution in [3.8, 4) is 0 Å². The lowest BCUT2D eigenvalue weighted by Gasteiger charge is -2.35. The van der Waals surface area contributed by atoms with Gasteiger partial charge in [-0.1, -0.05) is 57.0 Å². The molecular weight excluding hydrogens is 349 g/mol. The number of fused-ring (bicyclic) bond motifs is 1. The fourth-order valence-electron chi connectivity index (χ4n) is 3.86. The first-order chi connectivity index (χ1) is 12.4. The number of halogens is 1. The molecule has 1 N–H and O–H groups in total. The Labute approximate surface area is 155 Å². The highest BCUT2D eigenvalue weighted by Gasteiger charge is 2.41. The maximum Gasteiger partial charge on any atom is 0.180 e. The molecule has 3 rings (SSSR count). The molecule has 3 nitrogen and oxygen atoms in total. The first-order valence-corrected chi connectivity index (χ1v) is 10.9. The first kappa shape index (κ1) is 19.1. The number of hydrogen-bond acceptors (Lipinski definition) is 3. The minimum Gasteiger partial charge on any atom is -0.300 e. The monoisotopic (exact) mass is 375 g/mol. The highest BCUT2D eigenvalue weighted by Crippen LogP contribution is 2.38. The average Bonchev–Trinajstić information content (AvgIpc) is 2.73. The fraction of sp³-hybridized carbons (Fsp3) is 0.429. The van der Waals surface area contributed by atoms with Crippen LogP contribution in [0.4, 0.5) is 4.39 Å². The third-order valence-electron chi connectivity index (χ3n) is 5.35. The second-order valence-electron chi connectivity index (χ2n) is 7.17. The van der Waals surface area contributed by atoms with Crippen LogP contribution in [0.1, 0.15) is 56.7 Å². The van der Waals surface area contributed by atoms with Crippen LogP contribution >= 0.6 is 0 Å². The van der Waals surface area contributed by atoms with Crippen molar-refractivity contribution in [1.82, 2.24) is 5.32 Å². The third-order valence-corrected chi connectivity index (χ3v) is 7.32. The molecule has 0 fully saturated rings. The van der Waals surface area contributed by atoms with Crippen molar-refractivity contribution in [2.24, 2.45) is 0 Å². The summed E-state index contributed by atoms with van der Waals surface area (Å²) in [5.41, 5.74) is 0.930. The van der Waals surface area contributed by atoms with Gasteiger partial charge >= 0.3 is 0 Å². The molecule has 1 heterocycles. The Kier molecular flexibility index (Phi) is 5.49. The highest BCUT2D eigenvalue weighted by atomic mass is 32.2. The molecule has 0 radical (unpaired) electrons. The molecule has 2 aromatic carbocycles. The van der Waals surface area contributed by atoms with Crippen LogP contribution in [0.2, 0.25) is 0 Å². The maximum absolute atomic E-state index is 13.9. The summed E-state index contributed by atoms with van der Waals surface area (Å²) in [5.74, 6) is -0.246. The quantitative estimate of drug-likeness (QED) is 0.829. The largest absolute Gasteiger partial charge is 0.300 e. The zero-order chi connectivity index (χ0) is 18.8. The standard InChI is InChI=1S/C21H26FNO2S/c1-3-5-13-21(4-2)15-26(24,25)19-12-7-6-11-18(19)20(23-21)16-9-8-10-17(22)14-16/h6-12,14,20,23H,3-5,13,15H2,1-2H3/t20-,21+/m0/s1. The molecule has 26 heavy (non-hydrogen) atoms. The van der Waals surface area contributed by atoms with Crippen LogP contribution in [-0.2, 0) is 9.84 Å². The molecule has 0 saturated heterocycles. The normalized spacial score (nSPS) is 24.7. The molecule has 0 unspecified atom stereocenters. The summed E-state index contributed by atoms with van der Waals surface area (Å²) in [5, 5.41) is 3.62. The maximum atomic E-state index is 13.9. The Morgan fingerprint density at radius 3 is 2.62 bits per heavy atom. The summed E-state index contributed by atoms with van der Waals surface area (Å²) in [4.78, 5) is 0.355. The fourth-order valence-corrected chi connectivity index (χ4v) is 6.00. The van der Waals surface area contributed by atoms with Crippen molar-refractivity contribution in [2.45, 2.75) is 56.0 Å². The smallest absolute Gasteiger partial charge is 0.180 e. The Morgan fingerprint density at radius 1 is 1.15 bits per heavy atom. The Balaban J connectivity index is 2.19. The van der Waals surface area contributed by atoms with Crippen molar-refractivity contribution in [2.75, 3.05) is 5.75 Å². The van der Waals surface area contributed by atoms with Gasteiger partial charge in [0.05, 0.1) is 16.7 Å². The predicted octanol–water partition coefficient (Wildman–Crippen LogP) is 4.63. The van der Waals surface area contributed by atoms with Gasteiger partial charge in [-0.25, -0.2) is 12.8 Å². The second kappa shape index (κ2) is 7.49. The second-order valence-corrected chi connectivity index (χ2v) is 9.12. The van der Waals surface area contributed by atoms with Gasteiger partial charge in [0.25, 0.3) is 0 Å². The number of sulfone groups is 1. The van der Waals surface area contributed by atoms with Crippen molar-refractivity contribution in [1.29, 1.82) is 0 Å². The van der Waals surface area contributed by atoms with E-state index in [-0.39, 0.29) is 17.6 Å². The number of hydrogen-bond donors (Lipinski definition) is 1. The zero-order valence-corrected chi connectivity index (χ0v) is 16.2. The molecule has 140 valence electrons. The topological polar surface area (TPSA) is 46.2 Å². The van der Waals surface area contributed by atoms with Gasteiger partial charge in [0.1, 0.15) is 5.82 Å². The minimum atomic E-state index is -3.44. The summed E-state index contributed by atoms with van der Waals surface area (Å²) in [6.07, 6.45) is 3.43. The Hall–Kier alpha value is -1.72. The average molecular weight is 376 g/mol. The van der Waals surface area contributed by atoms with Gasteiger partial charge in [-0.05, 0) is 42.2 Å². The van der Waals surface area contributed by atoms with E-state index < -0.39 is 15.4 Å². The summed E-state index contributed by atoms with van der Waals surface area (Å²) in [6, 6.07) is 13.2. The van der Waals surface area contributed by atoms with Crippen molar-refractivity contribution in [3.63, 3.8) is 0 Å². The lowest BCUT2D eigenvalue weighted by Crippen LogP contribution is -2.50. The molecule has 0 saturated carbocycles. The third kappa shape index (κ3) is 3.69.